The predicted molar refractivity (Wildman–Crippen MR) is 78.2 cm³/mol. The zero-order valence-electron chi connectivity index (χ0n) is 9.54. The van der Waals surface area contributed by atoms with Crippen molar-refractivity contribution in [1.29, 1.82) is 0 Å². The van der Waals surface area contributed by atoms with Gasteiger partial charge in [0.1, 0.15) is 14.8 Å². The number of sulfone groups is 1. The van der Waals surface area contributed by atoms with Crippen molar-refractivity contribution in [2.45, 2.75) is 0 Å². The Hall–Kier alpha value is -0.730. The Bertz CT molecular complexity index is 575. The fourth-order valence-corrected chi connectivity index (χ4v) is 2.58. The van der Waals surface area contributed by atoms with Crippen molar-refractivity contribution in [3.05, 3.63) is 28.0 Å². The number of benzene rings is 1. The van der Waals surface area contributed by atoms with Crippen LogP contribution in [0.2, 0.25) is 0 Å². The van der Waals surface area contributed by atoms with Crippen LogP contribution in [-0.2, 0) is 9.84 Å². The number of thiocarbonyl (C=S) groups is 1. The van der Waals surface area contributed by atoms with Gasteiger partial charge in [0, 0.05) is 18.4 Å². The molecule has 1 aromatic rings. The van der Waals surface area contributed by atoms with Gasteiger partial charge in [0.15, 0.2) is 5.82 Å². The van der Waals surface area contributed by atoms with Gasteiger partial charge in [-0.3, -0.25) is 0 Å². The van der Waals surface area contributed by atoms with Crippen LogP contribution in [-0.4, -0.2) is 32.0 Å². The van der Waals surface area contributed by atoms with Crippen molar-refractivity contribution in [3.63, 3.8) is 0 Å². The molecule has 4 nitrogen and oxygen atoms in total. The zero-order chi connectivity index (χ0) is 13.9. The van der Waals surface area contributed by atoms with Crippen LogP contribution < -0.4 is 11.1 Å². The van der Waals surface area contributed by atoms with Crippen molar-refractivity contribution in [2.24, 2.45) is 5.73 Å². The molecule has 0 bridgehead atoms. The monoisotopic (exact) mass is 354 g/mol. The minimum absolute atomic E-state index is 0.0683. The van der Waals surface area contributed by atoms with Crippen LogP contribution in [0.15, 0.2) is 16.6 Å². The molecule has 0 saturated carbocycles. The molecule has 0 amide bonds. The van der Waals surface area contributed by atoms with Gasteiger partial charge in [-0.2, -0.15) is 0 Å². The lowest BCUT2D eigenvalue weighted by Crippen LogP contribution is -2.16. The van der Waals surface area contributed by atoms with Gasteiger partial charge in [0.2, 0.25) is 0 Å². The Morgan fingerprint density at radius 2 is 2.17 bits per heavy atom. The summed E-state index contributed by atoms with van der Waals surface area (Å²) in [5.74, 6) is -0.616. The van der Waals surface area contributed by atoms with Crippen LogP contribution in [0.5, 0.6) is 0 Å². The number of nitrogens with one attached hydrogen (secondary N) is 1. The molecule has 0 radical (unpaired) electrons. The average Bonchev–Trinajstić information content (AvgIpc) is 2.22. The first kappa shape index (κ1) is 15.3. The van der Waals surface area contributed by atoms with E-state index in [9.17, 15) is 12.8 Å². The number of anilines is 1. The summed E-state index contributed by atoms with van der Waals surface area (Å²) in [4.78, 5) is 0.0865. The smallest absolute Gasteiger partial charge is 0.161 e. The van der Waals surface area contributed by atoms with Crippen LogP contribution in [0.25, 0.3) is 0 Å². The summed E-state index contributed by atoms with van der Waals surface area (Å²) in [6, 6.07) is 3.04. The van der Waals surface area contributed by atoms with Crippen molar-refractivity contribution in [1.82, 2.24) is 0 Å². The lowest BCUT2D eigenvalue weighted by molar-refractivity contribution is 0.601. The standard InChI is InChI=1S/C10H12BrFN2O2S2/c1-18(15,16)5-4-14-7-3-2-6(10(13)17)8(11)9(7)12/h2-3,14H,4-5H2,1H3,(H2,13,17). The molecule has 1 aromatic carbocycles. The first-order chi connectivity index (χ1) is 8.22. The summed E-state index contributed by atoms with van der Waals surface area (Å²) in [6.07, 6.45) is 1.12. The van der Waals surface area contributed by atoms with Crippen LogP contribution in [0.3, 0.4) is 0 Å². The minimum Gasteiger partial charge on any atom is -0.389 e. The van der Waals surface area contributed by atoms with Crippen molar-refractivity contribution in [3.8, 4) is 0 Å². The largest absolute Gasteiger partial charge is 0.389 e. The van der Waals surface area contributed by atoms with Gasteiger partial charge < -0.3 is 11.1 Å². The quantitative estimate of drug-likeness (QED) is 0.787. The number of hydrogen-bond acceptors (Lipinski definition) is 4. The van der Waals surface area contributed by atoms with Crippen LogP contribution in [0, 0.1) is 5.82 Å². The third-order valence-corrected chi connectivity index (χ3v) is 4.08. The second-order valence-electron chi connectivity index (χ2n) is 3.71. The molecular weight excluding hydrogens is 343 g/mol. The van der Waals surface area contributed by atoms with Gasteiger partial charge in [-0.05, 0) is 28.1 Å². The molecule has 0 unspecified atom stereocenters. The van der Waals surface area contributed by atoms with E-state index in [1.807, 2.05) is 0 Å². The molecule has 0 saturated heterocycles. The molecule has 0 spiro atoms. The lowest BCUT2D eigenvalue weighted by Gasteiger charge is -2.10. The fourth-order valence-electron chi connectivity index (χ4n) is 1.25. The highest BCUT2D eigenvalue weighted by Gasteiger charge is 2.13. The maximum Gasteiger partial charge on any atom is 0.161 e. The van der Waals surface area contributed by atoms with Crippen molar-refractivity contribution in [2.75, 3.05) is 23.9 Å². The van der Waals surface area contributed by atoms with Gasteiger partial charge in [0.25, 0.3) is 0 Å². The van der Waals surface area contributed by atoms with E-state index in [1.54, 1.807) is 6.07 Å². The minimum atomic E-state index is -3.08. The van der Waals surface area contributed by atoms with E-state index in [0.717, 1.165) is 6.26 Å². The molecule has 0 fully saturated rings. The van der Waals surface area contributed by atoms with Crippen LogP contribution in [0.4, 0.5) is 10.1 Å². The van der Waals surface area contributed by atoms with E-state index in [4.69, 9.17) is 18.0 Å². The van der Waals surface area contributed by atoms with Gasteiger partial charge in [0.05, 0.1) is 15.9 Å². The number of nitrogens with two attached hydrogens (primary N) is 1. The van der Waals surface area contributed by atoms with E-state index in [-0.39, 0.29) is 27.4 Å². The van der Waals surface area contributed by atoms with Gasteiger partial charge in [-0.25, -0.2) is 12.8 Å². The molecule has 0 aromatic heterocycles. The number of halogens is 2. The highest BCUT2D eigenvalue weighted by atomic mass is 79.9. The van der Waals surface area contributed by atoms with Crippen molar-refractivity contribution < 1.29 is 12.8 Å². The van der Waals surface area contributed by atoms with E-state index < -0.39 is 15.7 Å². The van der Waals surface area contributed by atoms with E-state index in [1.165, 1.54) is 6.07 Å². The molecule has 18 heavy (non-hydrogen) atoms. The topological polar surface area (TPSA) is 72.2 Å². The molecule has 8 heteroatoms. The third-order valence-electron chi connectivity index (χ3n) is 2.14. The summed E-state index contributed by atoms with van der Waals surface area (Å²) >= 11 is 7.83. The summed E-state index contributed by atoms with van der Waals surface area (Å²) in [5.41, 5.74) is 6.02. The zero-order valence-corrected chi connectivity index (χ0v) is 12.8. The second kappa shape index (κ2) is 5.94. The summed E-state index contributed by atoms with van der Waals surface area (Å²) in [7, 11) is -3.08. The third kappa shape index (κ3) is 4.18. The maximum atomic E-state index is 13.9. The molecule has 3 N–H and O–H groups in total. The van der Waals surface area contributed by atoms with E-state index >= 15 is 0 Å². The summed E-state index contributed by atoms with van der Waals surface area (Å²) < 4.78 is 35.9. The molecular formula is C10H12BrFN2O2S2. The second-order valence-corrected chi connectivity index (χ2v) is 7.20. The van der Waals surface area contributed by atoms with Crippen LogP contribution in [0.1, 0.15) is 5.56 Å². The first-order valence-electron chi connectivity index (χ1n) is 4.92. The molecule has 0 aliphatic heterocycles. The normalized spacial score (nSPS) is 11.3. The Balaban J connectivity index is 2.86. The Kier molecular flexibility index (Phi) is 5.06. The Labute approximate surface area is 119 Å². The molecule has 0 heterocycles. The van der Waals surface area contributed by atoms with Crippen molar-refractivity contribution >= 4 is 48.7 Å². The molecule has 0 atom stereocenters. The summed E-state index contributed by atoms with van der Waals surface area (Å²) in [5, 5.41) is 2.71. The molecule has 100 valence electrons. The number of rotatable bonds is 5. The van der Waals surface area contributed by atoms with Gasteiger partial charge in [-0.15, -0.1) is 0 Å². The maximum absolute atomic E-state index is 13.9. The summed E-state index contributed by atoms with van der Waals surface area (Å²) in [6.45, 7) is 0.134. The Morgan fingerprint density at radius 3 is 2.67 bits per heavy atom. The van der Waals surface area contributed by atoms with E-state index in [2.05, 4.69) is 21.2 Å². The highest BCUT2D eigenvalue weighted by Crippen LogP contribution is 2.26. The highest BCUT2D eigenvalue weighted by molar-refractivity contribution is 9.10. The van der Waals surface area contributed by atoms with Gasteiger partial charge in [-0.1, -0.05) is 12.2 Å². The Morgan fingerprint density at radius 1 is 1.56 bits per heavy atom. The predicted octanol–water partition coefficient (Wildman–Crippen LogP) is 1.68. The molecule has 0 aliphatic rings. The van der Waals surface area contributed by atoms with E-state index in [0.29, 0.717) is 5.56 Å². The first-order valence-corrected chi connectivity index (χ1v) is 8.18. The lowest BCUT2D eigenvalue weighted by atomic mass is 10.2. The molecule has 0 aliphatic carbocycles. The SMILES string of the molecule is CS(=O)(=O)CCNc1ccc(C(N)=S)c(Br)c1F. The average molecular weight is 355 g/mol. The molecule has 1 rings (SSSR count). The fraction of sp³-hybridized carbons (Fsp3) is 0.300. The number of hydrogen-bond donors (Lipinski definition) is 2. The van der Waals surface area contributed by atoms with Gasteiger partial charge >= 0.3 is 0 Å². The van der Waals surface area contributed by atoms with Crippen LogP contribution >= 0.6 is 28.1 Å².